The number of halogens is 3. The third-order valence-electron chi connectivity index (χ3n) is 1.94. The molecule has 0 bridgehead atoms. The summed E-state index contributed by atoms with van der Waals surface area (Å²) in [6, 6.07) is 0. The zero-order valence-corrected chi connectivity index (χ0v) is 9.76. The fourth-order valence-corrected chi connectivity index (χ4v) is 1.15. The van der Waals surface area contributed by atoms with Crippen molar-refractivity contribution in [1.29, 1.82) is 0 Å². The lowest BCUT2D eigenvalue weighted by atomic mass is 9.92. The molecule has 1 N–H and O–H groups in total. The van der Waals surface area contributed by atoms with Gasteiger partial charge >= 0.3 is 12.1 Å². The molecule has 0 radical (unpaired) electrons. The molecule has 0 aliphatic rings. The minimum Gasteiger partial charge on any atom is -0.480 e. The van der Waals surface area contributed by atoms with Crippen molar-refractivity contribution in [3.63, 3.8) is 0 Å². The Balaban J connectivity index is 4.27. The third-order valence-corrected chi connectivity index (χ3v) is 1.94. The van der Waals surface area contributed by atoms with Gasteiger partial charge in [0.1, 0.15) is 0 Å². The van der Waals surface area contributed by atoms with Crippen LogP contribution in [0, 0.1) is 5.41 Å². The minimum absolute atomic E-state index is 0.109. The Kier molecular flexibility index (Phi) is 5.25. The summed E-state index contributed by atoms with van der Waals surface area (Å²) in [5.41, 5.74) is -0.109. The van der Waals surface area contributed by atoms with Gasteiger partial charge in [-0.15, -0.1) is 0 Å². The van der Waals surface area contributed by atoms with Gasteiger partial charge in [-0.2, -0.15) is 13.2 Å². The molecular formula is C10H18F3NO2. The Hall–Kier alpha value is -0.780. The van der Waals surface area contributed by atoms with Crippen LogP contribution >= 0.6 is 0 Å². The second-order valence-electron chi connectivity index (χ2n) is 5.03. The second-order valence-corrected chi connectivity index (χ2v) is 5.03. The number of hydrogen-bond acceptors (Lipinski definition) is 2. The number of aliphatic carboxylic acids is 1. The molecule has 0 heterocycles. The molecule has 0 aliphatic carbocycles. The summed E-state index contributed by atoms with van der Waals surface area (Å²) in [4.78, 5) is 11.3. The third kappa shape index (κ3) is 9.76. The highest BCUT2D eigenvalue weighted by atomic mass is 19.4. The van der Waals surface area contributed by atoms with Crippen molar-refractivity contribution in [3.05, 3.63) is 0 Å². The molecule has 0 rings (SSSR count). The Morgan fingerprint density at radius 3 is 2.06 bits per heavy atom. The highest BCUT2D eigenvalue weighted by molar-refractivity contribution is 5.69. The molecule has 0 spiro atoms. The van der Waals surface area contributed by atoms with E-state index >= 15 is 0 Å². The second kappa shape index (κ2) is 5.52. The summed E-state index contributed by atoms with van der Waals surface area (Å²) in [6.07, 6.45) is -3.83. The van der Waals surface area contributed by atoms with E-state index < -0.39 is 25.2 Å². The van der Waals surface area contributed by atoms with Gasteiger partial charge in [-0.25, -0.2) is 0 Å². The quantitative estimate of drug-likeness (QED) is 0.803. The lowest BCUT2D eigenvalue weighted by Crippen LogP contribution is -2.39. The fraction of sp³-hybridized carbons (Fsp3) is 0.900. The summed E-state index contributed by atoms with van der Waals surface area (Å²) in [7, 11) is 0. The number of nitrogens with zero attached hydrogens (tertiary/aromatic N) is 1. The van der Waals surface area contributed by atoms with Crippen molar-refractivity contribution in [2.24, 2.45) is 5.41 Å². The van der Waals surface area contributed by atoms with Gasteiger partial charge < -0.3 is 5.11 Å². The van der Waals surface area contributed by atoms with Crippen LogP contribution in [0.25, 0.3) is 0 Å². The van der Waals surface area contributed by atoms with Gasteiger partial charge in [0, 0.05) is 0 Å². The van der Waals surface area contributed by atoms with Crippen molar-refractivity contribution in [2.45, 2.75) is 33.4 Å². The zero-order chi connectivity index (χ0) is 13.0. The number of alkyl halides is 3. The predicted octanol–water partition coefficient (Wildman–Crippen LogP) is 2.37. The van der Waals surface area contributed by atoms with Gasteiger partial charge in [0.2, 0.25) is 0 Å². The van der Waals surface area contributed by atoms with Crippen LogP contribution in [0.4, 0.5) is 13.2 Å². The van der Waals surface area contributed by atoms with Crippen LogP contribution in [0.2, 0.25) is 0 Å². The molecule has 0 saturated heterocycles. The molecule has 6 heteroatoms. The summed E-state index contributed by atoms with van der Waals surface area (Å²) in [5.74, 6) is -1.24. The first-order chi connectivity index (χ1) is 6.99. The van der Waals surface area contributed by atoms with Crippen LogP contribution in [0.15, 0.2) is 0 Å². The molecular weight excluding hydrogens is 223 g/mol. The van der Waals surface area contributed by atoms with Crippen LogP contribution in [0.3, 0.4) is 0 Å². The molecule has 0 aromatic rings. The van der Waals surface area contributed by atoms with Gasteiger partial charge in [-0.3, -0.25) is 9.69 Å². The van der Waals surface area contributed by atoms with Crippen molar-refractivity contribution in [2.75, 3.05) is 19.6 Å². The highest BCUT2D eigenvalue weighted by Gasteiger charge is 2.31. The number of carbonyl (C=O) groups is 1. The highest BCUT2D eigenvalue weighted by Crippen LogP contribution is 2.21. The average Bonchev–Trinajstić information content (AvgIpc) is 1.94. The molecule has 16 heavy (non-hydrogen) atoms. The number of carboxylic acids is 1. The lowest BCUT2D eigenvalue weighted by Gasteiger charge is -2.26. The van der Waals surface area contributed by atoms with Crippen molar-refractivity contribution >= 4 is 5.97 Å². The van der Waals surface area contributed by atoms with Crippen molar-refractivity contribution in [1.82, 2.24) is 4.90 Å². The van der Waals surface area contributed by atoms with E-state index in [4.69, 9.17) is 5.11 Å². The maximum atomic E-state index is 12.1. The van der Waals surface area contributed by atoms with E-state index in [1.807, 2.05) is 20.8 Å². The van der Waals surface area contributed by atoms with Crippen molar-refractivity contribution < 1.29 is 23.1 Å². The smallest absolute Gasteiger partial charge is 0.401 e. The van der Waals surface area contributed by atoms with Crippen LogP contribution in [-0.4, -0.2) is 41.8 Å². The van der Waals surface area contributed by atoms with Crippen LogP contribution < -0.4 is 0 Å². The van der Waals surface area contributed by atoms with Crippen molar-refractivity contribution in [3.8, 4) is 0 Å². The first-order valence-corrected chi connectivity index (χ1v) is 5.00. The van der Waals surface area contributed by atoms with Gasteiger partial charge in [0.05, 0.1) is 13.1 Å². The van der Waals surface area contributed by atoms with Gasteiger partial charge in [0.15, 0.2) is 0 Å². The standard InChI is InChI=1S/C10H18F3NO2/c1-9(2,3)4-5-14(6-8(15)16)7-10(11,12)13/h4-7H2,1-3H3,(H,15,16). The fourth-order valence-electron chi connectivity index (χ4n) is 1.15. The number of hydrogen-bond donors (Lipinski definition) is 1. The number of rotatable bonds is 5. The molecule has 0 saturated carbocycles. The van der Waals surface area contributed by atoms with E-state index in [-0.39, 0.29) is 12.0 Å². The molecule has 0 unspecified atom stereocenters. The zero-order valence-electron chi connectivity index (χ0n) is 9.76. The average molecular weight is 241 g/mol. The van der Waals surface area contributed by atoms with Crippen LogP contribution in [0.1, 0.15) is 27.2 Å². The Morgan fingerprint density at radius 1 is 1.25 bits per heavy atom. The molecule has 0 aliphatic heterocycles. The number of carboxylic acid groups (broad SMARTS) is 1. The molecule has 0 atom stereocenters. The van der Waals surface area contributed by atoms with Gasteiger partial charge in [-0.1, -0.05) is 20.8 Å². The summed E-state index contributed by atoms with van der Waals surface area (Å²) in [5, 5.41) is 8.50. The maximum Gasteiger partial charge on any atom is 0.401 e. The predicted molar refractivity (Wildman–Crippen MR) is 54.2 cm³/mol. The largest absolute Gasteiger partial charge is 0.480 e. The van der Waals surface area contributed by atoms with E-state index in [0.717, 1.165) is 4.90 Å². The normalized spacial score (nSPS) is 13.2. The Bertz CT molecular complexity index is 233. The van der Waals surface area contributed by atoms with E-state index in [2.05, 4.69) is 0 Å². The monoisotopic (exact) mass is 241 g/mol. The molecule has 0 fully saturated rings. The minimum atomic E-state index is -4.35. The first-order valence-electron chi connectivity index (χ1n) is 5.00. The Morgan fingerprint density at radius 2 is 1.75 bits per heavy atom. The van der Waals surface area contributed by atoms with E-state index in [9.17, 15) is 18.0 Å². The van der Waals surface area contributed by atoms with E-state index in [0.29, 0.717) is 6.42 Å². The molecule has 96 valence electrons. The Labute approximate surface area is 93.2 Å². The summed E-state index contributed by atoms with van der Waals surface area (Å²) < 4.78 is 36.4. The topological polar surface area (TPSA) is 40.5 Å². The SMILES string of the molecule is CC(C)(C)CCN(CC(=O)O)CC(F)(F)F. The van der Waals surface area contributed by atoms with Gasteiger partial charge in [0.25, 0.3) is 0 Å². The molecule has 0 amide bonds. The van der Waals surface area contributed by atoms with Crippen LogP contribution in [-0.2, 0) is 4.79 Å². The maximum absolute atomic E-state index is 12.1. The first kappa shape index (κ1) is 15.2. The molecule has 0 aromatic heterocycles. The summed E-state index contributed by atoms with van der Waals surface area (Å²) >= 11 is 0. The molecule has 3 nitrogen and oxygen atoms in total. The lowest BCUT2D eigenvalue weighted by molar-refractivity contribution is -0.154. The van der Waals surface area contributed by atoms with E-state index in [1.54, 1.807) is 0 Å². The van der Waals surface area contributed by atoms with Crippen LogP contribution in [0.5, 0.6) is 0 Å². The molecule has 0 aromatic carbocycles. The van der Waals surface area contributed by atoms with E-state index in [1.165, 1.54) is 0 Å². The van der Waals surface area contributed by atoms with Gasteiger partial charge in [-0.05, 0) is 18.4 Å². The summed E-state index contributed by atoms with van der Waals surface area (Å²) in [6.45, 7) is 4.10.